The highest BCUT2D eigenvalue weighted by molar-refractivity contribution is 5.82. The molecule has 0 saturated carbocycles. The molecule has 4 aromatic carbocycles. The van der Waals surface area contributed by atoms with Gasteiger partial charge in [-0.05, 0) is 164 Å². The van der Waals surface area contributed by atoms with Gasteiger partial charge in [0, 0.05) is 31.8 Å². The van der Waals surface area contributed by atoms with Gasteiger partial charge in [0.25, 0.3) is 0 Å². The Morgan fingerprint density at radius 3 is 1.00 bits per heavy atom. The Hall–Kier alpha value is -6.11. The highest BCUT2D eigenvalue weighted by Crippen LogP contribution is 2.38. The van der Waals surface area contributed by atoms with Crippen LogP contribution in [0.3, 0.4) is 0 Å². The van der Waals surface area contributed by atoms with Gasteiger partial charge in [0.15, 0.2) is 0 Å². The van der Waals surface area contributed by atoms with Gasteiger partial charge in [0.05, 0.1) is 26.4 Å². The van der Waals surface area contributed by atoms with E-state index in [0.717, 1.165) is 46.2 Å². The van der Waals surface area contributed by atoms with E-state index in [9.17, 15) is 14.4 Å². The predicted octanol–water partition coefficient (Wildman–Crippen LogP) is 11.7. The summed E-state index contributed by atoms with van der Waals surface area (Å²) >= 11 is 0. The van der Waals surface area contributed by atoms with Gasteiger partial charge in [-0.25, -0.2) is 14.4 Å². The largest absolute Gasteiger partial charge is 0.493 e. The van der Waals surface area contributed by atoms with Crippen LogP contribution < -0.4 is 34.9 Å². The number of rotatable bonds is 22. The van der Waals surface area contributed by atoms with Gasteiger partial charge < -0.3 is 49.1 Å². The summed E-state index contributed by atoms with van der Waals surface area (Å²) in [6, 6.07) is 28.4. The summed E-state index contributed by atoms with van der Waals surface area (Å²) in [5.41, 5.74) is 3.90. The lowest BCUT2D eigenvalue weighted by molar-refractivity contribution is 0.0513. The van der Waals surface area contributed by atoms with Crippen molar-refractivity contribution in [3.8, 4) is 56.4 Å². The Labute approximate surface area is 386 Å². The second-order valence-electron chi connectivity index (χ2n) is 18.6. The molecule has 4 rings (SSSR count). The zero-order valence-electron chi connectivity index (χ0n) is 40.2. The Morgan fingerprint density at radius 1 is 0.400 bits per heavy atom. The predicted molar refractivity (Wildman–Crippen MR) is 256 cm³/mol. The fraction of sp³-hybridized carbons (Fsp3) is 0.481. The number of nitrogens with one attached hydrogen (secondary N) is 3. The summed E-state index contributed by atoms with van der Waals surface area (Å²) in [6.45, 7) is 21.3. The van der Waals surface area contributed by atoms with Crippen molar-refractivity contribution >= 4 is 18.3 Å². The highest BCUT2D eigenvalue weighted by atomic mass is 16.6. The number of hydrogen-bond acceptors (Lipinski definition) is 10. The molecular formula is C52H71N3O10. The lowest BCUT2D eigenvalue weighted by Crippen LogP contribution is -2.33. The first-order valence-corrected chi connectivity index (χ1v) is 22.7. The second kappa shape index (κ2) is 24.8. The van der Waals surface area contributed by atoms with Crippen molar-refractivity contribution in [2.75, 3.05) is 46.1 Å². The normalized spacial score (nSPS) is 11.5. The molecule has 0 aliphatic heterocycles. The summed E-state index contributed by atoms with van der Waals surface area (Å²) in [5.74, 6) is 2.53. The zero-order valence-corrected chi connectivity index (χ0v) is 40.2. The number of carbonyl (C=O) groups is 3. The minimum atomic E-state index is -0.592. The van der Waals surface area contributed by atoms with Gasteiger partial charge in [0.1, 0.15) is 39.8 Å². The number of carbonyl (C=O) groups excluding carboxylic acids is 3. The van der Waals surface area contributed by atoms with E-state index in [1.807, 2.05) is 117 Å². The molecule has 0 unspecified atom stereocenters. The molecule has 3 amide bonds. The molecule has 4 aromatic rings. The van der Waals surface area contributed by atoms with E-state index < -0.39 is 35.1 Å². The lowest BCUT2D eigenvalue weighted by Gasteiger charge is -2.19. The van der Waals surface area contributed by atoms with Crippen molar-refractivity contribution in [3.05, 3.63) is 84.9 Å². The molecule has 0 radical (unpaired) electrons. The fourth-order valence-corrected chi connectivity index (χ4v) is 6.20. The first kappa shape index (κ1) is 51.5. The molecule has 0 fully saturated rings. The van der Waals surface area contributed by atoms with Crippen LogP contribution in [0.2, 0.25) is 0 Å². The van der Waals surface area contributed by atoms with E-state index in [2.05, 4.69) is 53.2 Å². The Kier molecular flexibility index (Phi) is 19.7. The van der Waals surface area contributed by atoms with Crippen LogP contribution in [0.4, 0.5) is 14.4 Å². The first-order valence-electron chi connectivity index (χ1n) is 22.7. The smallest absolute Gasteiger partial charge is 0.407 e. The average molecular weight is 898 g/mol. The van der Waals surface area contributed by atoms with Crippen molar-refractivity contribution in [3.63, 3.8) is 0 Å². The van der Waals surface area contributed by atoms with Crippen LogP contribution >= 0.6 is 0 Å². The van der Waals surface area contributed by atoms with Crippen LogP contribution in [0.15, 0.2) is 84.9 Å². The summed E-state index contributed by atoms with van der Waals surface area (Å²) in [7, 11) is 0. The molecule has 0 saturated heterocycles. The van der Waals surface area contributed by atoms with Gasteiger partial charge in [-0.1, -0.05) is 43.7 Å². The third-order valence-corrected chi connectivity index (χ3v) is 9.01. The number of ether oxygens (including phenoxy) is 7. The van der Waals surface area contributed by atoms with Gasteiger partial charge in [0.2, 0.25) is 0 Å². The van der Waals surface area contributed by atoms with Crippen molar-refractivity contribution in [1.29, 1.82) is 0 Å². The lowest BCUT2D eigenvalue weighted by atomic mass is 9.93. The monoisotopic (exact) mass is 898 g/mol. The molecule has 354 valence electrons. The van der Waals surface area contributed by atoms with Crippen molar-refractivity contribution in [2.45, 2.75) is 118 Å². The summed E-state index contributed by atoms with van der Waals surface area (Å²) in [4.78, 5) is 36.6. The molecule has 0 aromatic heterocycles. The number of alkyl carbamates (subject to hydrolysis) is 3. The molecule has 0 aliphatic rings. The maximum atomic E-state index is 12.2. The van der Waals surface area contributed by atoms with E-state index in [1.54, 1.807) is 0 Å². The van der Waals surface area contributed by atoms with Crippen LogP contribution in [-0.2, 0) is 14.2 Å². The molecule has 3 N–H and O–H groups in total. The second-order valence-corrected chi connectivity index (χ2v) is 18.6. The molecule has 0 aliphatic carbocycles. The van der Waals surface area contributed by atoms with Gasteiger partial charge in [-0.2, -0.15) is 0 Å². The summed E-state index contributed by atoms with van der Waals surface area (Å²) in [6.07, 6.45) is 2.16. The molecule has 0 spiro atoms. The van der Waals surface area contributed by atoms with E-state index in [4.69, 9.17) is 33.2 Å². The molecule has 0 bridgehead atoms. The zero-order chi connectivity index (χ0) is 47.5. The maximum absolute atomic E-state index is 12.2. The maximum Gasteiger partial charge on any atom is 0.407 e. The Morgan fingerprint density at radius 2 is 0.692 bits per heavy atom. The number of hydrogen-bond donors (Lipinski definition) is 3. The molecule has 13 nitrogen and oxygen atoms in total. The van der Waals surface area contributed by atoms with Crippen LogP contribution in [0, 0.1) is 0 Å². The first-order chi connectivity index (χ1) is 30.7. The molecule has 0 atom stereocenters. The Bertz CT molecular complexity index is 2060. The number of amides is 3. The minimum Gasteiger partial charge on any atom is -0.493 e. The van der Waals surface area contributed by atoms with Crippen LogP contribution in [-0.4, -0.2) is 81.1 Å². The SMILES string of the molecule is CCCCOc1cc(OCCCNC(=O)OC(C)(C)C)cc(-c2cc(-c3ccccc3)cc(-c3cc(OCCCNC(=O)OC(C)(C)C)cc(OCCCNC(=O)OC(C)(C)C)c3)c2)c1. The summed E-state index contributed by atoms with van der Waals surface area (Å²) in [5, 5.41) is 8.36. The fourth-order valence-electron chi connectivity index (χ4n) is 6.20. The van der Waals surface area contributed by atoms with E-state index in [0.29, 0.717) is 88.3 Å². The summed E-state index contributed by atoms with van der Waals surface area (Å²) < 4.78 is 41.2. The van der Waals surface area contributed by atoms with Crippen LogP contribution in [0.25, 0.3) is 33.4 Å². The molecule has 13 heteroatoms. The third kappa shape index (κ3) is 20.5. The van der Waals surface area contributed by atoms with E-state index >= 15 is 0 Å². The standard InChI is InChI=1S/C52H71N3O10/c1-11-12-24-59-43-31-41(32-44(35-43)60-25-16-21-53-47(56)63-50(2,3)4)39-28-38(37-19-14-13-15-20-37)29-40(30-39)42-33-45(61-26-17-22-54-48(57)64-51(5,6)7)36-46(34-42)62-27-18-23-55-49(58)65-52(8,9)10/h13-15,19-20,28-36H,11-12,16-18,21-27H2,1-10H3,(H,53,56)(H,54,57)(H,55,58). The van der Waals surface area contributed by atoms with E-state index in [-0.39, 0.29) is 0 Å². The minimum absolute atomic E-state index is 0.332. The molecule has 0 heterocycles. The molecular weight excluding hydrogens is 827 g/mol. The number of benzene rings is 4. The quantitative estimate of drug-likeness (QED) is 0.0513. The van der Waals surface area contributed by atoms with Crippen molar-refractivity contribution in [2.24, 2.45) is 0 Å². The van der Waals surface area contributed by atoms with Gasteiger partial charge >= 0.3 is 18.3 Å². The average Bonchev–Trinajstić information content (AvgIpc) is 3.21. The number of unbranched alkanes of at least 4 members (excludes halogenated alkanes) is 1. The van der Waals surface area contributed by atoms with Gasteiger partial charge in [-0.15, -0.1) is 0 Å². The topological polar surface area (TPSA) is 152 Å². The van der Waals surface area contributed by atoms with E-state index in [1.165, 1.54) is 0 Å². The Balaban J connectivity index is 1.65. The molecule has 65 heavy (non-hydrogen) atoms. The highest BCUT2D eigenvalue weighted by Gasteiger charge is 2.18. The third-order valence-electron chi connectivity index (χ3n) is 9.01. The van der Waals surface area contributed by atoms with Gasteiger partial charge in [-0.3, -0.25) is 0 Å². The van der Waals surface area contributed by atoms with Crippen LogP contribution in [0.1, 0.15) is 101 Å². The van der Waals surface area contributed by atoms with Crippen molar-refractivity contribution in [1.82, 2.24) is 16.0 Å². The van der Waals surface area contributed by atoms with Crippen molar-refractivity contribution < 1.29 is 47.5 Å². The van der Waals surface area contributed by atoms with Crippen LogP contribution in [0.5, 0.6) is 23.0 Å².